The molecule has 3 nitrogen and oxygen atoms in total. The van der Waals surface area contributed by atoms with Crippen molar-refractivity contribution in [2.45, 2.75) is 13.3 Å². The first-order valence-corrected chi connectivity index (χ1v) is 7.47. The minimum absolute atomic E-state index is 0.515. The Kier molecular flexibility index (Phi) is 4.35. The van der Waals surface area contributed by atoms with Crippen LogP contribution in [0.2, 0.25) is 5.02 Å². The van der Waals surface area contributed by atoms with Crippen LogP contribution < -0.4 is 4.74 Å². The fraction of sp³-hybridized carbons (Fsp3) is 0.111. The molecule has 0 bridgehead atoms. The molecule has 0 fully saturated rings. The second kappa shape index (κ2) is 6.58. The van der Waals surface area contributed by atoms with Crippen LogP contribution in [0.25, 0.3) is 11.1 Å². The molecule has 0 unspecified atom stereocenters. The Morgan fingerprint density at radius 2 is 1.82 bits per heavy atom. The average Bonchev–Trinajstić information content (AvgIpc) is 2.57. The first kappa shape index (κ1) is 14.5. The SMILES string of the molecule is CCc1ccc(Oc2ncccc2-c2cnccc2Cl)cc1. The molecule has 0 aliphatic heterocycles. The first-order valence-electron chi connectivity index (χ1n) is 7.09. The van der Waals surface area contributed by atoms with Crippen LogP contribution in [-0.4, -0.2) is 9.97 Å². The average molecular weight is 311 g/mol. The van der Waals surface area contributed by atoms with E-state index in [1.165, 1.54) is 5.56 Å². The van der Waals surface area contributed by atoms with Gasteiger partial charge in [0.1, 0.15) is 5.75 Å². The van der Waals surface area contributed by atoms with E-state index >= 15 is 0 Å². The van der Waals surface area contributed by atoms with Crippen LogP contribution in [0.5, 0.6) is 11.6 Å². The highest BCUT2D eigenvalue weighted by Crippen LogP contribution is 2.34. The van der Waals surface area contributed by atoms with Gasteiger partial charge in [-0.2, -0.15) is 0 Å². The maximum Gasteiger partial charge on any atom is 0.227 e. The summed E-state index contributed by atoms with van der Waals surface area (Å²) in [7, 11) is 0. The third-order valence-corrected chi connectivity index (χ3v) is 3.70. The number of ether oxygens (including phenoxy) is 1. The highest BCUT2D eigenvalue weighted by Gasteiger charge is 2.11. The second-order valence-electron chi connectivity index (χ2n) is 4.81. The van der Waals surface area contributed by atoms with Gasteiger partial charge in [-0.25, -0.2) is 4.98 Å². The molecular formula is C18H15ClN2O. The van der Waals surface area contributed by atoms with Gasteiger partial charge in [0.15, 0.2) is 0 Å². The summed E-state index contributed by atoms with van der Waals surface area (Å²) in [6.45, 7) is 2.12. The number of aryl methyl sites for hydroxylation is 1. The van der Waals surface area contributed by atoms with Gasteiger partial charge in [-0.3, -0.25) is 4.98 Å². The van der Waals surface area contributed by atoms with Crippen molar-refractivity contribution in [2.75, 3.05) is 0 Å². The van der Waals surface area contributed by atoms with Crippen molar-refractivity contribution < 1.29 is 4.74 Å². The molecule has 0 spiro atoms. The third-order valence-electron chi connectivity index (χ3n) is 3.38. The van der Waals surface area contributed by atoms with Crippen molar-refractivity contribution in [3.8, 4) is 22.8 Å². The van der Waals surface area contributed by atoms with E-state index in [1.54, 1.807) is 24.7 Å². The van der Waals surface area contributed by atoms with Crippen molar-refractivity contribution in [2.24, 2.45) is 0 Å². The molecule has 0 atom stereocenters. The van der Waals surface area contributed by atoms with Crippen LogP contribution in [0, 0.1) is 0 Å². The smallest absolute Gasteiger partial charge is 0.227 e. The Hall–Kier alpha value is -2.39. The molecule has 0 saturated carbocycles. The Balaban J connectivity index is 1.96. The molecular weight excluding hydrogens is 296 g/mol. The zero-order valence-electron chi connectivity index (χ0n) is 12.2. The second-order valence-corrected chi connectivity index (χ2v) is 5.22. The van der Waals surface area contributed by atoms with Gasteiger partial charge in [-0.05, 0) is 42.3 Å². The molecule has 3 rings (SSSR count). The fourth-order valence-corrected chi connectivity index (χ4v) is 2.36. The standard InChI is InChI=1S/C18H15ClN2O/c1-2-13-5-7-14(8-6-13)22-18-15(4-3-10-21-18)16-12-20-11-9-17(16)19/h3-12H,2H2,1H3. The summed E-state index contributed by atoms with van der Waals surface area (Å²) < 4.78 is 5.92. The molecule has 0 N–H and O–H groups in total. The van der Waals surface area contributed by atoms with Crippen LogP contribution in [0.3, 0.4) is 0 Å². The molecule has 2 heterocycles. The number of nitrogens with zero attached hydrogens (tertiary/aromatic N) is 2. The van der Waals surface area contributed by atoms with Crippen molar-refractivity contribution in [1.29, 1.82) is 0 Å². The van der Waals surface area contributed by atoms with Crippen molar-refractivity contribution in [1.82, 2.24) is 9.97 Å². The molecule has 0 amide bonds. The lowest BCUT2D eigenvalue weighted by atomic mass is 10.1. The monoisotopic (exact) mass is 310 g/mol. The zero-order chi connectivity index (χ0) is 15.4. The predicted octanol–water partition coefficient (Wildman–Crippen LogP) is 5.15. The first-order chi connectivity index (χ1) is 10.8. The van der Waals surface area contributed by atoms with Crippen molar-refractivity contribution in [3.05, 3.63) is 71.6 Å². The van der Waals surface area contributed by atoms with E-state index in [4.69, 9.17) is 16.3 Å². The Morgan fingerprint density at radius 3 is 2.55 bits per heavy atom. The summed E-state index contributed by atoms with van der Waals surface area (Å²) in [5.74, 6) is 1.26. The van der Waals surface area contributed by atoms with E-state index in [0.717, 1.165) is 23.3 Å². The predicted molar refractivity (Wildman–Crippen MR) is 88.4 cm³/mol. The highest BCUT2D eigenvalue weighted by atomic mass is 35.5. The van der Waals surface area contributed by atoms with Crippen LogP contribution in [0.1, 0.15) is 12.5 Å². The minimum Gasteiger partial charge on any atom is -0.438 e. The Labute approximate surface area is 134 Å². The van der Waals surface area contributed by atoms with Crippen molar-refractivity contribution >= 4 is 11.6 Å². The number of rotatable bonds is 4. The molecule has 0 aliphatic rings. The van der Waals surface area contributed by atoms with Gasteiger partial charge < -0.3 is 4.74 Å². The molecule has 22 heavy (non-hydrogen) atoms. The lowest BCUT2D eigenvalue weighted by molar-refractivity contribution is 0.465. The minimum atomic E-state index is 0.515. The van der Waals surface area contributed by atoms with Gasteiger partial charge >= 0.3 is 0 Å². The van der Waals surface area contributed by atoms with E-state index in [2.05, 4.69) is 29.0 Å². The summed E-state index contributed by atoms with van der Waals surface area (Å²) in [6, 6.07) is 13.5. The number of hydrogen-bond donors (Lipinski definition) is 0. The van der Waals surface area contributed by atoms with Crippen LogP contribution in [0.15, 0.2) is 61.1 Å². The fourth-order valence-electron chi connectivity index (χ4n) is 2.16. The van der Waals surface area contributed by atoms with Gasteiger partial charge in [-0.15, -0.1) is 0 Å². The highest BCUT2D eigenvalue weighted by molar-refractivity contribution is 6.33. The van der Waals surface area contributed by atoms with E-state index in [1.807, 2.05) is 24.3 Å². The van der Waals surface area contributed by atoms with Gasteiger partial charge in [0.05, 0.1) is 5.02 Å². The molecule has 0 aliphatic carbocycles. The lowest BCUT2D eigenvalue weighted by Gasteiger charge is -2.11. The summed E-state index contributed by atoms with van der Waals surface area (Å²) in [5.41, 5.74) is 2.89. The summed E-state index contributed by atoms with van der Waals surface area (Å²) in [4.78, 5) is 8.45. The van der Waals surface area contributed by atoms with E-state index in [-0.39, 0.29) is 0 Å². The number of aromatic nitrogens is 2. The maximum atomic E-state index is 6.25. The topological polar surface area (TPSA) is 35.0 Å². The number of halogens is 1. The van der Waals surface area contributed by atoms with Gasteiger partial charge in [0.25, 0.3) is 0 Å². The third kappa shape index (κ3) is 3.10. The van der Waals surface area contributed by atoms with Gasteiger partial charge in [-0.1, -0.05) is 30.7 Å². The quantitative estimate of drug-likeness (QED) is 0.668. The molecule has 0 saturated heterocycles. The van der Waals surface area contributed by atoms with E-state index in [9.17, 15) is 0 Å². The van der Waals surface area contributed by atoms with Crippen LogP contribution in [0.4, 0.5) is 0 Å². The molecule has 4 heteroatoms. The number of hydrogen-bond acceptors (Lipinski definition) is 3. The molecule has 0 radical (unpaired) electrons. The Bertz CT molecular complexity index is 772. The van der Waals surface area contributed by atoms with Crippen LogP contribution >= 0.6 is 11.6 Å². The molecule has 110 valence electrons. The Morgan fingerprint density at radius 1 is 1.00 bits per heavy atom. The number of benzene rings is 1. The molecule has 1 aromatic carbocycles. The van der Waals surface area contributed by atoms with Crippen LogP contribution in [-0.2, 0) is 6.42 Å². The van der Waals surface area contributed by atoms with E-state index < -0.39 is 0 Å². The lowest BCUT2D eigenvalue weighted by Crippen LogP contribution is -1.92. The molecule has 2 aromatic heterocycles. The summed E-state index contributed by atoms with van der Waals surface area (Å²) in [6.07, 6.45) is 6.07. The number of pyridine rings is 2. The molecule has 3 aromatic rings. The van der Waals surface area contributed by atoms with Crippen molar-refractivity contribution in [3.63, 3.8) is 0 Å². The van der Waals surface area contributed by atoms with Gasteiger partial charge in [0, 0.05) is 29.7 Å². The normalized spacial score (nSPS) is 10.5. The summed E-state index contributed by atoms with van der Waals surface area (Å²) >= 11 is 6.25. The zero-order valence-corrected chi connectivity index (χ0v) is 12.9. The van der Waals surface area contributed by atoms with Gasteiger partial charge in [0.2, 0.25) is 5.88 Å². The summed E-state index contributed by atoms with van der Waals surface area (Å²) in [5, 5.41) is 0.620. The van der Waals surface area contributed by atoms with E-state index in [0.29, 0.717) is 10.9 Å². The maximum absolute atomic E-state index is 6.25. The largest absolute Gasteiger partial charge is 0.438 e.